The average Bonchev–Trinajstić information content (AvgIpc) is 2.90. The summed E-state index contributed by atoms with van der Waals surface area (Å²) in [5, 5.41) is 6.62. The molecule has 6 heteroatoms. The van der Waals surface area contributed by atoms with E-state index in [-0.39, 0.29) is 0 Å². The van der Waals surface area contributed by atoms with Gasteiger partial charge in [0.25, 0.3) is 0 Å². The van der Waals surface area contributed by atoms with E-state index in [1.54, 1.807) is 25.1 Å². The summed E-state index contributed by atoms with van der Waals surface area (Å²) in [6, 6.07) is 7.44. The van der Waals surface area contributed by atoms with Crippen LogP contribution in [0.1, 0.15) is 19.8 Å². The van der Waals surface area contributed by atoms with Gasteiger partial charge in [0.1, 0.15) is 4.90 Å². The van der Waals surface area contributed by atoms with Crippen molar-refractivity contribution in [2.24, 2.45) is 0 Å². The zero-order chi connectivity index (χ0) is 13.7. The Morgan fingerprint density at radius 1 is 1.37 bits per heavy atom. The molecular weight excluding hydrogens is 262 g/mol. The molecule has 0 saturated carbocycles. The van der Waals surface area contributed by atoms with Crippen molar-refractivity contribution in [2.75, 3.05) is 25.0 Å². The summed E-state index contributed by atoms with van der Waals surface area (Å²) in [5.74, 6) is 0. The van der Waals surface area contributed by atoms with Gasteiger partial charge < -0.3 is 10.6 Å². The second kappa shape index (κ2) is 6.36. The van der Waals surface area contributed by atoms with Crippen LogP contribution in [0.4, 0.5) is 5.69 Å². The standard InChI is InChI=1S/C13H21N3O2S/c1-2-16-19(17,18)13-8-4-3-7-12(13)15-10-11-6-5-9-14-11/h3-4,7-8,11,14-16H,2,5-6,9-10H2,1H3. The summed E-state index contributed by atoms with van der Waals surface area (Å²) in [7, 11) is -3.42. The lowest BCUT2D eigenvalue weighted by Crippen LogP contribution is -2.30. The minimum absolute atomic E-state index is 0.315. The first-order valence-electron chi connectivity index (χ1n) is 6.69. The van der Waals surface area contributed by atoms with E-state index >= 15 is 0 Å². The highest BCUT2D eigenvalue weighted by molar-refractivity contribution is 7.89. The number of anilines is 1. The predicted molar refractivity (Wildman–Crippen MR) is 76.8 cm³/mol. The molecule has 1 atom stereocenters. The Balaban J connectivity index is 2.11. The Kier molecular flexibility index (Phi) is 4.79. The summed E-state index contributed by atoms with van der Waals surface area (Å²) in [5.41, 5.74) is 0.664. The molecule has 2 rings (SSSR count). The fraction of sp³-hybridized carbons (Fsp3) is 0.538. The number of benzene rings is 1. The summed E-state index contributed by atoms with van der Waals surface area (Å²) < 4.78 is 26.7. The van der Waals surface area contributed by atoms with Crippen LogP contribution in [0.25, 0.3) is 0 Å². The van der Waals surface area contributed by atoms with Gasteiger partial charge in [-0.2, -0.15) is 0 Å². The Morgan fingerprint density at radius 3 is 2.84 bits per heavy atom. The van der Waals surface area contributed by atoms with Crippen LogP contribution in [0.2, 0.25) is 0 Å². The summed E-state index contributed by atoms with van der Waals surface area (Å²) in [4.78, 5) is 0.315. The fourth-order valence-corrected chi connectivity index (χ4v) is 3.50. The second-order valence-corrected chi connectivity index (χ2v) is 6.41. The van der Waals surface area contributed by atoms with Crippen LogP contribution in [-0.4, -0.2) is 34.1 Å². The van der Waals surface area contributed by atoms with Crippen molar-refractivity contribution >= 4 is 15.7 Å². The van der Waals surface area contributed by atoms with Gasteiger partial charge in [0, 0.05) is 19.1 Å². The molecule has 0 radical (unpaired) electrons. The lowest BCUT2D eigenvalue weighted by atomic mass is 10.2. The van der Waals surface area contributed by atoms with Gasteiger partial charge in [-0.05, 0) is 31.5 Å². The molecule has 1 unspecified atom stereocenters. The zero-order valence-electron chi connectivity index (χ0n) is 11.1. The number of rotatable bonds is 6. The normalized spacial score (nSPS) is 19.5. The highest BCUT2D eigenvalue weighted by Gasteiger charge is 2.18. The summed E-state index contributed by atoms with van der Waals surface area (Å²) >= 11 is 0. The Morgan fingerprint density at radius 2 is 2.16 bits per heavy atom. The van der Waals surface area contributed by atoms with Gasteiger partial charge in [-0.3, -0.25) is 0 Å². The third-order valence-corrected chi connectivity index (χ3v) is 4.82. The summed E-state index contributed by atoms with van der Waals surface area (Å²) in [6.45, 7) is 3.96. The van der Waals surface area contributed by atoms with Gasteiger partial charge in [-0.15, -0.1) is 0 Å². The van der Waals surface area contributed by atoms with E-state index in [9.17, 15) is 8.42 Å². The van der Waals surface area contributed by atoms with Crippen LogP contribution in [0, 0.1) is 0 Å². The zero-order valence-corrected chi connectivity index (χ0v) is 12.0. The van der Waals surface area contributed by atoms with Gasteiger partial charge in [-0.1, -0.05) is 19.1 Å². The molecule has 1 aliphatic heterocycles. The lowest BCUT2D eigenvalue weighted by Gasteiger charge is -2.15. The third-order valence-electron chi connectivity index (χ3n) is 3.21. The Hall–Kier alpha value is -1.11. The third kappa shape index (κ3) is 3.68. The number of hydrogen-bond donors (Lipinski definition) is 3. The van der Waals surface area contributed by atoms with Gasteiger partial charge in [0.15, 0.2) is 0 Å². The molecule has 5 nitrogen and oxygen atoms in total. The monoisotopic (exact) mass is 283 g/mol. The maximum atomic E-state index is 12.1. The maximum Gasteiger partial charge on any atom is 0.242 e. The van der Waals surface area contributed by atoms with Crippen LogP contribution in [0.3, 0.4) is 0 Å². The first-order valence-corrected chi connectivity index (χ1v) is 8.18. The number of hydrogen-bond acceptors (Lipinski definition) is 4. The molecule has 1 saturated heterocycles. The van der Waals surface area contributed by atoms with Gasteiger partial charge in [0.05, 0.1) is 5.69 Å². The predicted octanol–water partition coefficient (Wildman–Crippen LogP) is 1.15. The number of sulfonamides is 1. The Bertz CT molecular complexity index is 510. The van der Waals surface area contributed by atoms with Crippen LogP contribution in [0.5, 0.6) is 0 Å². The molecule has 106 valence electrons. The largest absolute Gasteiger partial charge is 0.382 e. The molecule has 0 aliphatic carbocycles. The molecule has 1 aromatic carbocycles. The topological polar surface area (TPSA) is 70.2 Å². The van der Waals surface area contributed by atoms with Gasteiger partial charge in [0.2, 0.25) is 10.0 Å². The maximum absolute atomic E-state index is 12.1. The molecule has 19 heavy (non-hydrogen) atoms. The number of nitrogens with one attached hydrogen (secondary N) is 3. The molecule has 0 spiro atoms. The minimum atomic E-state index is -3.42. The minimum Gasteiger partial charge on any atom is -0.382 e. The first kappa shape index (κ1) is 14.3. The molecule has 0 aromatic heterocycles. The molecule has 1 fully saturated rings. The van der Waals surface area contributed by atoms with Crippen LogP contribution >= 0.6 is 0 Å². The van der Waals surface area contributed by atoms with Crippen molar-refractivity contribution in [3.63, 3.8) is 0 Å². The lowest BCUT2D eigenvalue weighted by molar-refractivity contribution is 0.583. The molecule has 1 heterocycles. The van der Waals surface area contributed by atoms with Crippen LogP contribution in [0.15, 0.2) is 29.2 Å². The van der Waals surface area contributed by atoms with E-state index in [1.807, 2.05) is 6.07 Å². The van der Waals surface area contributed by atoms with Crippen LogP contribution in [-0.2, 0) is 10.0 Å². The number of para-hydroxylation sites is 1. The van der Waals surface area contributed by atoms with E-state index in [2.05, 4.69) is 15.4 Å². The van der Waals surface area contributed by atoms with Crippen molar-refractivity contribution in [1.29, 1.82) is 0 Å². The van der Waals surface area contributed by atoms with E-state index < -0.39 is 10.0 Å². The van der Waals surface area contributed by atoms with E-state index in [4.69, 9.17) is 0 Å². The molecule has 1 aromatic rings. The molecule has 3 N–H and O–H groups in total. The second-order valence-electron chi connectivity index (χ2n) is 4.67. The van der Waals surface area contributed by atoms with Crippen molar-refractivity contribution in [3.05, 3.63) is 24.3 Å². The quantitative estimate of drug-likeness (QED) is 0.732. The summed E-state index contributed by atoms with van der Waals surface area (Å²) in [6.07, 6.45) is 2.32. The SMILES string of the molecule is CCNS(=O)(=O)c1ccccc1NCC1CCCN1. The molecule has 1 aliphatic rings. The van der Waals surface area contributed by atoms with Gasteiger partial charge >= 0.3 is 0 Å². The Labute approximate surface area is 114 Å². The average molecular weight is 283 g/mol. The van der Waals surface area contributed by atoms with Crippen molar-refractivity contribution in [3.8, 4) is 0 Å². The van der Waals surface area contributed by atoms with E-state index in [0.717, 1.165) is 19.5 Å². The van der Waals surface area contributed by atoms with Crippen LogP contribution < -0.4 is 15.4 Å². The molecule has 0 bridgehead atoms. The van der Waals surface area contributed by atoms with Crippen molar-refractivity contribution in [2.45, 2.75) is 30.7 Å². The first-order chi connectivity index (χ1) is 9.13. The highest BCUT2D eigenvalue weighted by Crippen LogP contribution is 2.20. The van der Waals surface area contributed by atoms with E-state index in [0.29, 0.717) is 23.2 Å². The fourth-order valence-electron chi connectivity index (χ4n) is 2.28. The van der Waals surface area contributed by atoms with Gasteiger partial charge in [-0.25, -0.2) is 13.1 Å². The molecule has 0 amide bonds. The smallest absolute Gasteiger partial charge is 0.242 e. The van der Waals surface area contributed by atoms with E-state index in [1.165, 1.54) is 6.42 Å². The highest BCUT2D eigenvalue weighted by atomic mass is 32.2. The van der Waals surface area contributed by atoms with Crippen molar-refractivity contribution in [1.82, 2.24) is 10.0 Å². The van der Waals surface area contributed by atoms with Crippen molar-refractivity contribution < 1.29 is 8.42 Å². The molecular formula is C13H21N3O2S.